The quantitative estimate of drug-likeness (QED) is 0.680. The first-order chi connectivity index (χ1) is 11.8. The van der Waals surface area contributed by atoms with Crippen molar-refractivity contribution in [2.24, 2.45) is 0 Å². The lowest BCUT2D eigenvalue weighted by Crippen LogP contribution is -2.28. The fourth-order valence-electron chi connectivity index (χ4n) is 4.04. The zero-order chi connectivity index (χ0) is 16.8. The molecule has 0 radical (unpaired) electrons. The number of ether oxygens (including phenoxy) is 2. The zero-order valence-electron chi connectivity index (χ0n) is 14.8. The number of carbonyl (C=O) groups excluding carboxylic acids is 1. The Morgan fingerprint density at radius 2 is 1.62 bits per heavy atom. The zero-order valence-corrected chi connectivity index (χ0v) is 14.8. The van der Waals surface area contributed by atoms with Gasteiger partial charge in [-0.25, -0.2) is 0 Å². The van der Waals surface area contributed by atoms with Crippen molar-refractivity contribution >= 4 is 5.97 Å². The smallest absolute Gasteiger partial charge is 0.305 e. The van der Waals surface area contributed by atoms with Crippen LogP contribution in [-0.2, 0) is 9.53 Å². The molecule has 0 heterocycles. The highest BCUT2D eigenvalue weighted by Crippen LogP contribution is 2.36. The van der Waals surface area contributed by atoms with E-state index in [4.69, 9.17) is 9.47 Å². The van der Waals surface area contributed by atoms with Gasteiger partial charge in [0.2, 0.25) is 0 Å². The molecule has 3 heteroatoms. The van der Waals surface area contributed by atoms with Gasteiger partial charge in [-0.1, -0.05) is 31.9 Å². The Hall–Kier alpha value is -1.51. The van der Waals surface area contributed by atoms with Crippen LogP contribution in [0, 0.1) is 0 Å². The van der Waals surface area contributed by atoms with Gasteiger partial charge in [0.05, 0.1) is 6.10 Å². The Labute approximate surface area is 145 Å². The highest BCUT2D eigenvalue weighted by Gasteiger charge is 2.29. The van der Waals surface area contributed by atoms with E-state index in [0.29, 0.717) is 18.4 Å². The maximum absolute atomic E-state index is 11.7. The fourth-order valence-corrected chi connectivity index (χ4v) is 4.04. The maximum atomic E-state index is 11.7. The van der Waals surface area contributed by atoms with Crippen LogP contribution in [0.4, 0.5) is 0 Å². The molecule has 0 bridgehead atoms. The summed E-state index contributed by atoms with van der Waals surface area (Å²) in [5.41, 5.74) is 1.28. The Bertz CT molecular complexity index is 516. The van der Waals surface area contributed by atoms with Crippen molar-refractivity contribution in [3.05, 3.63) is 29.8 Å². The molecule has 0 N–H and O–H groups in total. The van der Waals surface area contributed by atoms with E-state index in [0.717, 1.165) is 25.0 Å². The van der Waals surface area contributed by atoms with Crippen molar-refractivity contribution in [3.8, 4) is 5.75 Å². The molecule has 0 saturated heterocycles. The van der Waals surface area contributed by atoms with E-state index in [1.807, 2.05) is 6.92 Å². The van der Waals surface area contributed by atoms with Gasteiger partial charge in [0.1, 0.15) is 11.9 Å². The summed E-state index contributed by atoms with van der Waals surface area (Å²) in [4.78, 5) is 11.7. The molecule has 0 amide bonds. The number of benzene rings is 1. The molecule has 2 aliphatic rings. The molecule has 24 heavy (non-hydrogen) atoms. The highest BCUT2D eigenvalue weighted by atomic mass is 16.5. The van der Waals surface area contributed by atoms with Gasteiger partial charge in [0.25, 0.3) is 0 Å². The molecule has 0 spiro atoms. The van der Waals surface area contributed by atoms with Crippen LogP contribution >= 0.6 is 0 Å². The van der Waals surface area contributed by atoms with Gasteiger partial charge in [-0.2, -0.15) is 0 Å². The van der Waals surface area contributed by atoms with Crippen molar-refractivity contribution in [1.82, 2.24) is 0 Å². The van der Waals surface area contributed by atoms with Gasteiger partial charge in [-0.3, -0.25) is 4.79 Å². The SMILES string of the molecule is CCC(=O)O[C@H]1CCCC[C@@H]1c1ccc(OC2CCCCC2)cc1. The van der Waals surface area contributed by atoms with Crippen molar-refractivity contribution < 1.29 is 14.3 Å². The second-order valence-electron chi connectivity index (χ2n) is 7.22. The predicted octanol–water partition coefficient (Wildman–Crippen LogP) is 5.38. The number of hydrogen-bond acceptors (Lipinski definition) is 3. The summed E-state index contributed by atoms with van der Waals surface area (Å²) in [6.07, 6.45) is 11.6. The molecular weight excluding hydrogens is 300 g/mol. The average molecular weight is 330 g/mol. The average Bonchev–Trinajstić information content (AvgIpc) is 2.64. The molecule has 0 aromatic heterocycles. The lowest BCUT2D eigenvalue weighted by atomic mass is 9.81. The molecule has 2 atom stereocenters. The standard InChI is InChI=1S/C21H30O3/c1-2-21(22)24-20-11-7-6-10-19(20)16-12-14-18(15-13-16)23-17-8-4-3-5-9-17/h12-15,17,19-20H,2-11H2,1H3/t19-,20+/m1/s1. The number of carbonyl (C=O) groups is 1. The Morgan fingerprint density at radius 1 is 0.958 bits per heavy atom. The topological polar surface area (TPSA) is 35.5 Å². The largest absolute Gasteiger partial charge is 0.490 e. The number of rotatable bonds is 5. The van der Waals surface area contributed by atoms with E-state index < -0.39 is 0 Å². The summed E-state index contributed by atoms with van der Waals surface area (Å²) in [6.45, 7) is 1.86. The van der Waals surface area contributed by atoms with Crippen LogP contribution in [-0.4, -0.2) is 18.2 Å². The summed E-state index contributed by atoms with van der Waals surface area (Å²) in [6, 6.07) is 8.52. The highest BCUT2D eigenvalue weighted by molar-refractivity contribution is 5.69. The third-order valence-corrected chi connectivity index (χ3v) is 5.44. The summed E-state index contributed by atoms with van der Waals surface area (Å²) in [5, 5.41) is 0. The summed E-state index contributed by atoms with van der Waals surface area (Å²) in [7, 11) is 0. The molecule has 2 fully saturated rings. The molecule has 0 aliphatic heterocycles. The first-order valence-electron chi connectivity index (χ1n) is 9.72. The summed E-state index contributed by atoms with van der Waals surface area (Å²) in [5.74, 6) is 1.23. The molecule has 1 aromatic rings. The molecular formula is C21H30O3. The Morgan fingerprint density at radius 3 is 2.33 bits per heavy atom. The minimum absolute atomic E-state index is 0.0383. The Balaban J connectivity index is 1.63. The minimum Gasteiger partial charge on any atom is -0.490 e. The molecule has 1 aromatic carbocycles. The monoisotopic (exact) mass is 330 g/mol. The van der Waals surface area contributed by atoms with Crippen LogP contribution in [0.2, 0.25) is 0 Å². The first kappa shape index (κ1) is 17.3. The van der Waals surface area contributed by atoms with Crippen LogP contribution in [0.3, 0.4) is 0 Å². The lowest BCUT2D eigenvalue weighted by molar-refractivity contribution is -0.151. The first-order valence-corrected chi connectivity index (χ1v) is 9.72. The van der Waals surface area contributed by atoms with E-state index in [-0.39, 0.29) is 12.1 Å². The summed E-state index contributed by atoms with van der Waals surface area (Å²) >= 11 is 0. The van der Waals surface area contributed by atoms with Crippen molar-refractivity contribution in [3.63, 3.8) is 0 Å². The molecule has 2 aliphatic carbocycles. The van der Waals surface area contributed by atoms with Gasteiger partial charge in [0, 0.05) is 12.3 Å². The van der Waals surface area contributed by atoms with E-state index in [2.05, 4.69) is 24.3 Å². The molecule has 0 unspecified atom stereocenters. The molecule has 3 rings (SSSR count). The normalized spacial score (nSPS) is 25.2. The predicted molar refractivity (Wildman–Crippen MR) is 95.3 cm³/mol. The second-order valence-corrected chi connectivity index (χ2v) is 7.22. The fraction of sp³-hybridized carbons (Fsp3) is 0.667. The minimum atomic E-state index is -0.0795. The van der Waals surface area contributed by atoms with Crippen LogP contribution in [0.1, 0.15) is 82.6 Å². The van der Waals surface area contributed by atoms with Crippen LogP contribution in [0.5, 0.6) is 5.75 Å². The van der Waals surface area contributed by atoms with Crippen LogP contribution in [0.15, 0.2) is 24.3 Å². The van der Waals surface area contributed by atoms with Crippen LogP contribution in [0.25, 0.3) is 0 Å². The van der Waals surface area contributed by atoms with Crippen LogP contribution < -0.4 is 4.74 Å². The van der Waals surface area contributed by atoms with Crippen molar-refractivity contribution in [2.75, 3.05) is 0 Å². The van der Waals surface area contributed by atoms with Gasteiger partial charge in [-0.15, -0.1) is 0 Å². The van der Waals surface area contributed by atoms with E-state index in [9.17, 15) is 4.79 Å². The van der Waals surface area contributed by atoms with E-state index in [1.165, 1.54) is 44.1 Å². The lowest BCUT2D eigenvalue weighted by Gasteiger charge is -2.31. The van der Waals surface area contributed by atoms with Crippen molar-refractivity contribution in [1.29, 1.82) is 0 Å². The Kier molecular flexibility index (Phi) is 6.17. The van der Waals surface area contributed by atoms with Gasteiger partial charge < -0.3 is 9.47 Å². The van der Waals surface area contributed by atoms with Crippen molar-refractivity contribution in [2.45, 2.75) is 89.3 Å². The second kappa shape index (κ2) is 8.55. The molecule has 132 valence electrons. The van der Waals surface area contributed by atoms with Gasteiger partial charge in [-0.05, 0) is 62.6 Å². The van der Waals surface area contributed by atoms with E-state index >= 15 is 0 Å². The van der Waals surface area contributed by atoms with E-state index in [1.54, 1.807) is 0 Å². The maximum Gasteiger partial charge on any atom is 0.305 e. The number of hydrogen-bond donors (Lipinski definition) is 0. The third kappa shape index (κ3) is 4.52. The third-order valence-electron chi connectivity index (χ3n) is 5.44. The van der Waals surface area contributed by atoms with Gasteiger partial charge >= 0.3 is 5.97 Å². The molecule has 3 nitrogen and oxygen atoms in total. The summed E-state index contributed by atoms with van der Waals surface area (Å²) < 4.78 is 11.8. The number of esters is 1. The molecule has 2 saturated carbocycles. The van der Waals surface area contributed by atoms with Gasteiger partial charge in [0.15, 0.2) is 0 Å².